The maximum Gasteiger partial charge on any atom is 0.262 e. The number of thiophene rings is 1. The molecule has 6 rings (SSSR count). The summed E-state index contributed by atoms with van der Waals surface area (Å²) in [6.07, 6.45) is 5.89. The average molecular weight is 464 g/mol. The summed E-state index contributed by atoms with van der Waals surface area (Å²) in [4.78, 5) is 20.2. The number of aromatic nitrogens is 2. The number of rotatable bonds is 4. The molecule has 33 heavy (non-hydrogen) atoms. The van der Waals surface area contributed by atoms with Crippen LogP contribution in [-0.2, 0) is 32.2 Å². The van der Waals surface area contributed by atoms with Crippen LogP contribution in [0.2, 0.25) is 0 Å². The number of benzene rings is 2. The third-order valence-electron chi connectivity index (χ3n) is 7.01. The van der Waals surface area contributed by atoms with E-state index in [9.17, 15) is 13.6 Å². The van der Waals surface area contributed by atoms with E-state index in [1.165, 1.54) is 28.1 Å². The first-order chi connectivity index (χ1) is 16.1. The number of hydrogen-bond donors (Lipinski definition) is 1. The molecule has 2 heterocycles. The van der Waals surface area contributed by atoms with Gasteiger partial charge in [0.15, 0.2) is 0 Å². The minimum absolute atomic E-state index is 0.0649. The Labute approximate surface area is 193 Å². The van der Waals surface area contributed by atoms with Crippen molar-refractivity contribution in [3.63, 3.8) is 0 Å². The molecule has 2 aliphatic carbocycles. The fourth-order valence-electron chi connectivity index (χ4n) is 5.27. The van der Waals surface area contributed by atoms with Gasteiger partial charge in [0.2, 0.25) is 0 Å². The summed E-state index contributed by atoms with van der Waals surface area (Å²) >= 11 is 1.59. The minimum atomic E-state index is -0.566. The highest BCUT2D eigenvalue weighted by Crippen LogP contribution is 2.35. The molecule has 0 saturated carbocycles. The van der Waals surface area contributed by atoms with Gasteiger partial charge in [-0.05, 0) is 54.9 Å². The molecule has 168 valence electrons. The third kappa shape index (κ3) is 3.69. The van der Waals surface area contributed by atoms with Crippen LogP contribution in [0.25, 0.3) is 10.2 Å². The fraction of sp³-hybridized carbons (Fsp3) is 0.308. The molecule has 0 amide bonds. The Balaban J connectivity index is 1.23. The van der Waals surface area contributed by atoms with Crippen LogP contribution in [0.5, 0.6) is 0 Å². The predicted molar refractivity (Wildman–Crippen MR) is 126 cm³/mol. The number of hydrogen-bond acceptors (Lipinski definition) is 4. The maximum absolute atomic E-state index is 14.0. The van der Waals surface area contributed by atoms with E-state index in [1.807, 2.05) is 4.57 Å². The van der Waals surface area contributed by atoms with E-state index < -0.39 is 11.6 Å². The molecule has 1 atom stereocenters. The van der Waals surface area contributed by atoms with Crippen LogP contribution < -0.4 is 10.9 Å². The van der Waals surface area contributed by atoms with E-state index >= 15 is 0 Å². The van der Waals surface area contributed by atoms with Crippen LogP contribution in [0.1, 0.15) is 39.6 Å². The highest BCUT2D eigenvalue weighted by molar-refractivity contribution is 7.18. The van der Waals surface area contributed by atoms with Gasteiger partial charge in [-0.2, -0.15) is 0 Å². The smallest absolute Gasteiger partial charge is 0.262 e. The van der Waals surface area contributed by atoms with Crippen molar-refractivity contribution in [1.29, 1.82) is 0 Å². The number of aryl methyl sites for hydroxylation is 1. The number of halogens is 2. The molecule has 2 aromatic heterocycles. The van der Waals surface area contributed by atoms with E-state index in [1.54, 1.807) is 17.7 Å². The standard InChI is InChI=1S/C26H23F2N3OS/c27-18-6-5-17(22(28)11-18)13-29-19-7-8-21-23(12-19)33-25-24(21)26(32)31(14-30-25)20-9-15-3-1-2-4-16(15)10-20/h1-6,11,14,19-20,29H,7-10,12-13H2. The Kier molecular flexibility index (Phi) is 5.11. The van der Waals surface area contributed by atoms with Crippen LogP contribution in [0.15, 0.2) is 53.6 Å². The van der Waals surface area contributed by atoms with Crippen LogP contribution in [0.3, 0.4) is 0 Å². The van der Waals surface area contributed by atoms with Crippen molar-refractivity contribution < 1.29 is 8.78 Å². The molecule has 0 bridgehead atoms. The van der Waals surface area contributed by atoms with Crippen LogP contribution in [-0.4, -0.2) is 15.6 Å². The summed E-state index contributed by atoms with van der Waals surface area (Å²) in [5.41, 5.74) is 4.28. The van der Waals surface area contributed by atoms with Crippen molar-refractivity contribution in [1.82, 2.24) is 14.9 Å². The zero-order valence-electron chi connectivity index (χ0n) is 18.0. The molecule has 4 aromatic rings. The predicted octanol–water partition coefficient (Wildman–Crippen LogP) is 4.72. The maximum atomic E-state index is 14.0. The largest absolute Gasteiger partial charge is 0.309 e. The van der Waals surface area contributed by atoms with Crippen molar-refractivity contribution in [2.75, 3.05) is 0 Å². The quantitative estimate of drug-likeness (QED) is 0.476. The van der Waals surface area contributed by atoms with Crippen molar-refractivity contribution in [3.8, 4) is 0 Å². The lowest BCUT2D eigenvalue weighted by Crippen LogP contribution is -2.34. The van der Waals surface area contributed by atoms with Gasteiger partial charge < -0.3 is 5.32 Å². The zero-order chi connectivity index (χ0) is 22.5. The molecular weight excluding hydrogens is 440 g/mol. The van der Waals surface area contributed by atoms with Crippen LogP contribution in [0.4, 0.5) is 8.78 Å². The molecule has 4 nitrogen and oxygen atoms in total. The third-order valence-corrected chi connectivity index (χ3v) is 8.18. The van der Waals surface area contributed by atoms with E-state index in [-0.39, 0.29) is 17.6 Å². The molecule has 0 fully saturated rings. The van der Waals surface area contributed by atoms with Crippen molar-refractivity contribution in [3.05, 3.63) is 97.9 Å². The Bertz CT molecular complexity index is 1400. The first-order valence-corrected chi connectivity index (χ1v) is 12.1. The van der Waals surface area contributed by atoms with E-state index in [0.29, 0.717) is 12.1 Å². The Hall–Kier alpha value is -2.90. The monoisotopic (exact) mass is 463 g/mol. The number of fused-ring (bicyclic) bond motifs is 4. The minimum Gasteiger partial charge on any atom is -0.309 e. The molecule has 7 heteroatoms. The average Bonchev–Trinajstić information content (AvgIpc) is 3.40. The molecule has 0 radical (unpaired) electrons. The van der Waals surface area contributed by atoms with Gasteiger partial charge in [-0.1, -0.05) is 30.3 Å². The van der Waals surface area contributed by atoms with Gasteiger partial charge in [-0.15, -0.1) is 11.3 Å². The van der Waals surface area contributed by atoms with Gasteiger partial charge >= 0.3 is 0 Å². The summed E-state index contributed by atoms with van der Waals surface area (Å²) in [7, 11) is 0. The van der Waals surface area contributed by atoms with E-state index in [4.69, 9.17) is 0 Å². The summed E-state index contributed by atoms with van der Waals surface area (Å²) in [6.45, 7) is 0.351. The molecule has 0 aliphatic heterocycles. The second-order valence-electron chi connectivity index (χ2n) is 9.03. The number of nitrogens with one attached hydrogen (secondary N) is 1. The summed E-state index contributed by atoms with van der Waals surface area (Å²) < 4.78 is 28.9. The number of nitrogens with zero attached hydrogens (tertiary/aromatic N) is 2. The molecule has 1 N–H and O–H groups in total. The van der Waals surface area contributed by atoms with Gasteiger partial charge in [-0.3, -0.25) is 9.36 Å². The lowest BCUT2D eigenvalue weighted by molar-refractivity contribution is 0.454. The van der Waals surface area contributed by atoms with Gasteiger partial charge in [0.25, 0.3) is 5.56 Å². The van der Waals surface area contributed by atoms with Gasteiger partial charge in [0, 0.05) is 35.1 Å². The molecule has 0 spiro atoms. The highest BCUT2D eigenvalue weighted by atomic mass is 32.1. The summed E-state index contributed by atoms with van der Waals surface area (Å²) in [6, 6.07) is 12.4. The molecule has 2 aromatic carbocycles. The van der Waals surface area contributed by atoms with Gasteiger partial charge in [0.05, 0.1) is 11.7 Å². The second kappa shape index (κ2) is 8.15. The molecule has 0 saturated heterocycles. The summed E-state index contributed by atoms with van der Waals surface area (Å²) in [5.74, 6) is -1.09. The first kappa shape index (κ1) is 20.7. The van der Waals surface area contributed by atoms with Crippen LogP contribution in [0, 0.1) is 11.6 Å². The van der Waals surface area contributed by atoms with Gasteiger partial charge in [-0.25, -0.2) is 13.8 Å². The first-order valence-electron chi connectivity index (χ1n) is 11.3. The SMILES string of the molecule is O=c1c2c3c(sc2ncn1C1Cc2ccccc2C1)CC(NCc1ccc(F)cc1F)CC3. The second-order valence-corrected chi connectivity index (χ2v) is 10.1. The fourth-order valence-corrected chi connectivity index (χ4v) is 6.52. The normalized spacial score (nSPS) is 17.9. The Morgan fingerprint density at radius 1 is 1.09 bits per heavy atom. The van der Waals surface area contributed by atoms with Crippen LogP contribution >= 0.6 is 11.3 Å². The van der Waals surface area contributed by atoms with E-state index in [0.717, 1.165) is 54.0 Å². The van der Waals surface area contributed by atoms with Crippen molar-refractivity contribution in [2.45, 2.75) is 50.7 Å². The van der Waals surface area contributed by atoms with Gasteiger partial charge in [0.1, 0.15) is 16.5 Å². The van der Waals surface area contributed by atoms with Crippen molar-refractivity contribution in [2.24, 2.45) is 0 Å². The molecule has 2 aliphatic rings. The lowest BCUT2D eigenvalue weighted by atomic mass is 9.93. The summed E-state index contributed by atoms with van der Waals surface area (Å²) in [5, 5.41) is 4.18. The molecular formula is C26H23F2N3OS. The Morgan fingerprint density at radius 3 is 2.64 bits per heavy atom. The van der Waals surface area contributed by atoms with Crippen molar-refractivity contribution >= 4 is 21.6 Å². The zero-order valence-corrected chi connectivity index (χ0v) is 18.8. The lowest BCUT2D eigenvalue weighted by Gasteiger charge is -2.23. The highest BCUT2D eigenvalue weighted by Gasteiger charge is 2.28. The Morgan fingerprint density at radius 2 is 1.88 bits per heavy atom. The molecule has 1 unspecified atom stereocenters. The topological polar surface area (TPSA) is 46.9 Å². The van der Waals surface area contributed by atoms with E-state index in [2.05, 4.69) is 34.6 Å².